The molecule has 0 atom stereocenters. The molecule has 0 fully saturated rings. The molecule has 1 aromatic carbocycles. The molecule has 0 saturated carbocycles. The maximum atomic E-state index is 3.32. The summed E-state index contributed by atoms with van der Waals surface area (Å²) >= 11 is 0. The van der Waals surface area contributed by atoms with Crippen molar-refractivity contribution in [1.29, 1.82) is 0 Å². The van der Waals surface area contributed by atoms with Crippen molar-refractivity contribution in [3.8, 4) is 11.8 Å². The summed E-state index contributed by atoms with van der Waals surface area (Å²) in [7, 11) is 0. The molecule has 74 valence electrons. The minimum atomic E-state index is -0.0362. The van der Waals surface area contributed by atoms with Gasteiger partial charge in [-0.05, 0) is 19.4 Å². The molecule has 0 bridgehead atoms. The molecule has 0 aromatic heterocycles. The zero-order valence-electron chi connectivity index (χ0n) is 9.46. The van der Waals surface area contributed by atoms with Crippen LogP contribution in [0.2, 0.25) is 0 Å². The second-order valence-electron chi connectivity index (χ2n) is 4.42. The van der Waals surface area contributed by atoms with E-state index in [1.54, 1.807) is 0 Å². The topological polar surface area (TPSA) is 0 Å². The summed E-state index contributed by atoms with van der Waals surface area (Å²) in [6.07, 6.45) is 0. The van der Waals surface area contributed by atoms with Gasteiger partial charge in [0.25, 0.3) is 0 Å². The van der Waals surface area contributed by atoms with Gasteiger partial charge in [-0.25, -0.2) is 0 Å². The number of benzene rings is 1. The van der Waals surface area contributed by atoms with Crippen molar-refractivity contribution in [1.82, 2.24) is 0 Å². The predicted molar refractivity (Wildman–Crippen MR) is 62.1 cm³/mol. The standard InChI is InChI=1S/C14H18/c1-12(2)10-11-14(3,4)13-8-6-5-7-9-13/h5-9,12H,1-4H3. The molecule has 14 heavy (non-hydrogen) atoms. The van der Waals surface area contributed by atoms with Crippen LogP contribution in [0.5, 0.6) is 0 Å². The van der Waals surface area contributed by atoms with E-state index in [1.807, 2.05) is 6.07 Å². The molecule has 0 nitrogen and oxygen atoms in total. The van der Waals surface area contributed by atoms with E-state index in [9.17, 15) is 0 Å². The van der Waals surface area contributed by atoms with Crippen molar-refractivity contribution in [3.63, 3.8) is 0 Å². The first kappa shape index (κ1) is 10.9. The van der Waals surface area contributed by atoms with Crippen LogP contribution in [0.15, 0.2) is 30.3 Å². The lowest BCUT2D eigenvalue weighted by molar-refractivity contribution is 0.694. The molecule has 0 heteroatoms. The Balaban J connectivity index is 2.93. The number of hydrogen-bond acceptors (Lipinski definition) is 0. The molecule has 0 radical (unpaired) electrons. The quantitative estimate of drug-likeness (QED) is 0.588. The SMILES string of the molecule is CC(C)C#CC(C)(C)c1ccccc1. The molecule has 0 aliphatic rings. The van der Waals surface area contributed by atoms with Crippen LogP contribution in [-0.4, -0.2) is 0 Å². The Kier molecular flexibility index (Phi) is 3.36. The van der Waals surface area contributed by atoms with Crippen molar-refractivity contribution in [2.75, 3.05) is 0 Å². The van der Waals surface area contributed by atoms with E-state index in [-0.39, 0.29) is 5.41 Å². The van der Waals surface area contributed by atoms with Gasteiger partial charge in [-0.1, -0.05) is 56.0 Å². The monoisotopic (exact) mass is 186 g/mol. The van der Waals surface area contributed by atoms with Gasteiger partial charge in [0.15, 0.2) is 0 Å². The maximum Gasteiger partial charge on any atom is 0.0506 e. The summed E-state index contributed by atoms with van der Waals surface area (Å²) in [6, 6.07) is 10.4. The third-order valence-corrected chi connectivity index (χ3v) is 2.17. The van der Waals surface area contributed by atoms with Crippen LogP contribution < -0.4 is 0 Å². The van der Waals surface area contributed by atoms with Crippen LogP contribution >= 0.6 is 0 Å². The Morgan fingerprint density at radius 1 is 1.07 bits per heavy atom. The molecule has 0 heterocycles. The first-order valence-electron chi connectivity index (χ1n) is 5.10. The first-order chi connectivity index (χ1) is 6.52. The van der Waals surface area contributed by atoms with Crippen LogP contribution in [0.4, 0.5) is 0 Å². The Labute approximate surface area is 87.4 Å². The molecular formula is C14H18. The van der Waals surface area contributed by atoms with E-state index < -0.39 is 0 Å². The summed E-state index contributed by atoms with van der Waals surface area (Å²) in [5.41, 5.74) is 1.25. The fraction of sp³-hybridized carbons (Fsp3) is 0.429. The van der Waals surface area contributed by atoms with Crippen LogP contribution in [0.3, 0.4) is 0 Å². The Bertz CT molecular complexity index is 333. The average molecular weight is 186 g/mol. The third kappa shape index (κ3) is 2.92. The van der Waals surface area contributed by atoms with E-state index in [0.717, 1.165) is 0 Å². The highest BCUT2D eigenvalue weighted by Gasteiger charge is 2.16. The molecule has 0 saturated heterocycles. The van der Waals surface area contributed by atoms with Gasteiger partial charge < -0.3 is 0 Å². The minimum absolute atomic E-state index is 0.0362. The fourth-order valence-electron chi connectivity index (χ4n) is 1.25. The number of rotatable bonds is 1. The van der Waals surface area contributed by atoms with Gasteiger partial charge in [-0.3, -0.25) is 0 Å². The zero-order chi connectivity index (χ0) is 10.6. The summed E-state index contributed by atoms with van der Waals surface area (Å²) in [5.74, 6) is 7.00. The molecule has 0 unspecified atom stereocenters. The molecule has 1 rings (SSSR count). The Hall–Kier alpha value is -1.22. The molecule has 0 spiro atoms. The smallest absolute Gasteiger partial charge is 0.0506 e. The average Bonchev–Trinajstić information content (AvgIpc) is 2.16. The van der Waals surface area contributed by atoms with Crippen LogP contribution in [0.1, 0.15) is 33.3 Å². The molecule has 0 N–H and O–H groups in total. The van der Waals surface area contributed by atoms with Gasteiger partial charge in [-0.2, -0.15) is 0 Å². The van der Waals surface area contributed by atoms with Gasteiger partial charge in [0.2, 0.25) is 0 Å². The van der Waals surface area contributed by atoms with Crippen molar-refractivity contribution in [2.24, 2.45) is 5.92 Å². The highest BCUT2D eigenvalue weighted by molar-refractivity contribution is 5.33. The van der Waals surface area contributed by atoms with E-state index in [4.69, 9.17) is 0 Å². The summed E-state index contributed by atoms with van der Waals surface area (Å²) in [6.45, 7) is 8.57. The van der Waals surface area contributed by atoms with Gasteiger partial charge in [0.05, 0.1) is 5.41 Å². The fourth-order valence-corrected chi connectivity index (χ4v) is 1.25. The minimum Gasteiger partial charge on any atom is -0.0996 e. The summed E-state index contributed by atoms with van der Waals surface area (Å²) < 4.78 is 0. The molecular weight excluding hydrogens is 168 g/mol. The summed E-state index contributed by atoms with van der Waals surface area (Å²) in [4.78, 5) is 0. The molecule has 0 aliphatic carbocycles. The second kappa shape index (κ2) is 4.33. The predicted octanol–water partition coefficient (Wildman–Crippen LogP) is 3.62. The van der Waals surface area contributed by atoms with Crippen molar-refractivity contribution in [3.05, 3.63) is 35.9 Å². The maximum absolute atomic E-state index is 3.32. The van der Waals surface area contributed by atoms with Crippen molar-refractivity contribution >= 4 is 0 Å². The lowest BCUT2D eigenvalue weighted by Gasteiger charge is -2.18. The zero-order valence-corrected chi connectivity index (χ0v) is 9.46. The van der Waals surface area contributed by atoms with Crippen LogP contribution in [-0.2, 0) is 5.41 Å². The normalized spacial score (nSPS) is 10.9. The van der Waals surface area contributed by atoms with Crippen molar-refractivity contribution in [2.45, 2.75) is 33.1 Å². The third-order valence-electron chi connectivity index (χ3n) is 2.17. The summed E-state index contributed by atoms with van der Waals surface area (Å²) in [5, 5.41) is 0. The molecule has 0 amide bonds. The Morgan fingerprint density at radius 3 is 2.14 bits per heavy atom. The van der Waals surface area contributed by atoms with Gasteiger partial charge in [0.1, 0.15) is 0 Å². The highest BCUT2D eigenvalue weighted by Crippen LogP contribution is 2.21. The van der Waals surface area contributed by atoms with E-state index in [0.29, 0.717) is 5.92 Å². The lowest BCUT2D eigenvalue weighted by atomic mass is 9.85. The molecule has 1 aromatic rings. The number of hydrogen-bond donors (Lipinski definition) is 0. The lowest BCUT2D eigenvalue weighted by Crippen LogP contribution is -2.14. The van der Waals surface area contributed by atoms with Crippen LogP contribution in [0.25, 0.3) is 0 Å². The Morgan fingerprint density at radius 2 is 1.64 bits per heavy atom. The molecule has 0 aliphatic heterocycles. The second-order valence-corrected chi connectivity index (χ2v) is 4.42. The van der Waals surface area contributed by atoms with E-state index in [2.05, 4.69) is 63.8 Å². The highest BCUT2D eigenvalue weighted by atomic mass is 14.2. The van der Waals surface area contributed by atoms with E-state index >= 15 is 0 Å². The largest absolute Gasteiger partial charge is 0.0996 e. The van der Waals surface area contributed by atoms with E-state index in [1.165, 1.54) is 5.56 Å². The van der Waals surface area contributed by atoms with Gasteiger partial charge in [-0.15, -0.1) is 0 Å². The first-order valence-corrected chi connectivity index (χ1v) is 5.10. The van der Waals surface area contributed by atoms with Crippen LogP contribution in [0, 0.1) is 17.8 Å². The van der Waals surface area contributed by atoms with Gasteiger partial charge in [0, 0.05) is 5.92 Å². The van der Waals surface area contributed by atoms with Gasteiger partial charge >= 0.3 is 0 Å². The van der Waals surface area contributed by atoms with Crippen molar-refractivity contribution < 1.29 is 0 Å².